The van der Waals surface area contributed by atoms with E-state index < -0.39 is 0 Å². The van der Waals surface area contributed by atoms with Gasteiger partial charge in [-0.3, -0.25) is 4.79 Å². The van der Waals surface area contributed by atoms with Crippen LogP contribution in [0.1, 0.15) is 39.5 Å². The minimum absolute atomic E-state index is 0.0731. The van der Waals surface area contributed by atoms with Crippen molar-refractivity contribution < 1.29 is 4.79 Å². The Balaban J connectivity index is 2.26. The van der Waals surface area contributed by atoms with Gasteiger partial charge in [0, 0.05) is 19.0 Å². The van der Waals surface area contributed by atoms with Gasteiger partial charge < -0.3 is 10.6 Å². The molecule has 15 heavy (non-hydrogen) atoms. The highest BCUT2D eigenvalue weighted by molar-refractivity contribution is 5.78. The zero-order valence-electron chi connectivity index (χ0n) is 10.2. The van der Waals surface area contributed by atoms with E-state index in [-0.39, 0.29) is 11.8 Å². The predicted molar refractivity (Wildman–Crippen MR) is 62.7 cm³/mol. The lowest BCUT2D eigenvalue weighted by molar-refractivity contribution is -0.125. The molecule has 0 saturated heterocycles. The molecule has 88 valence electrons. The van der Waals surface area contributed by atoms with Crippen LogP contribution in [0.3, 0.4) is 0 Å². The van der Waals surface area contributed by atoms with Gasteiger partial charge in [0.05, 0.1) is 0 Å². The van der Waals surface area contributed by atoms with Crippen molar-refractivity contribution in [3.05, 3.63) is 0 Å². The molecule has 0 bridgehead atoms. The maximum Gasteiger partial charge on any atom is 0.224 e. The number of hydrogen-bond donors (Lipinski definition) is 2. The molecule has 1 fully saturated rings. The van der Waals surface area contributed by atoms with Crippen LogP contribution < -0.4 is 10.6 Å². The van der Waals surface area contributed by atoms with Gasteiger partial charge in [0.1, 0.15) is 0 Å². The summed E-state index contributed by atoms with van der Waals surface area (Å²) in [4.78, 5) is 11.7. The van der Waals surface area contributed by atoms with Gasteiger partial charge >= 0.3 is 0 Å². The smallest absolute Gasteiger partial charge is 0.224 e. The Morgan fingerprint density at radius 1 is 1.47 bits per heavy atom. The summed E-state index contributed by atoms with van der Waals surface area (Å²) in [5, 5.41) is 6.11. The van der Waals surface area contributed by atoms with Gasteiger partial charge in [-0.1, -0.05) is 20.3 Å². The van der Waals surface area contributed by atoms with Crippen LogP contribution in [-0.2, 0) is 4.79 Å². The second-order valence-corrected chi connectivity index (χ2v) is 4.88. The number of rotatable bonds is 6. The van der Waals surface area contributed by atoms with E-state index in [4.69, 9.17) is 0 Å². The first-order valence-corrected chi connectivity index (χ1v) is 6.06. The molecule has 1 amide bonds. The Labute approximate surface area is 93.0 Å². The summed E-state index contributed by atoms with van der Waals surface area (Å²) >= 11 is 0. The molecule has 1 saturated carbocycles. The SMILES string of the molecule is CCC1(CNC(=O)C(C)CNC)CCC1. The van der Waals surface area contributed by atoms with Gasteiger partial charge in [-0.05, 0) is 31.7 Å². The van der Waals surface area contributed by atoms with Gasteiger partial charge in [-0.25, -0.2) is 0 Å². The number of carbonyl (C=O) groups excluding carboxylic acids is 1. The minimum Gasteiger partial charge on any atom is -0.355 e. The Morgan fingerprint density at radius 2 is 2.13 bits per heavy atom. The topological polar surface area (TPSA) is 41.1 Å². The van der Waals surface area contributed by atoms with Gasteiger partial charge in [0.25, 0.3) is 0 Å². The first-order chi connectivity index (χ1) is 7.13. The highest BCUT2D eigenvalue weighted by atomic mass is 16.1. The molecule has 1 aliphatic rings. The van der Waals surface area contributed by atoms with Crippen LogP contribution in [0.4, 0.5) is 0 Å². The van der Waals surface area contributed by atoms with E-state index in [2.05, 4.69) is 17.6 Å². The average molecular weight is 212 g/mol. The third kappa shape index (κ3) is 3.20. The van der Waals surface area contributed by atoms with Crippen LogP contribution in [0, 0.1) is 11.3 Å². The van der Waals surface area contributed by atoms with Gasteiger partial charge in [-0.15, -0.1) is 0 Å². The van der Waals surface area contributed by atoms with E-state index in [9.17, 15) is 4.79 Å². The Bertz CT molecular complexity index is 206. The summed E-state index contributed by atoms with van der Waals surface area (Å²) < 4.78 is 0. The van der Waals surface area contributed by atoms with Crippen LogP contribution in [0.5, 0.6) is 0 Å². The van der Waals surface area contributed by atoms with Crippen LogP contribution in [0.2, 0.25) is 0 Å². The first-order valence-electron chi connectivity index (χ1n) is 6.06. The van der Waals surface area contributed by atoms with Crippen molar-refractivity contribution in [1.29, 1.82) is 0 Å². The molecule has 0 aromatic rings. The molecule has 3 nitrogen and oxygen atoms in total. The normalized spacial score (nSPS) is 20.5. The molecule has 1 aliphatic carbocycles. The molecule has 2 N–H and O–H groups in total. The maximum atomic E-state index is 11.7. The number of amides is 1. The lowest BCUT2D eigenvalue weighted by atomic mass is 9.67. The van der Waals surface area contributed by atoms with Gasteiger partial charge in [0.2, 0.25) is 5.91 Å². The van der Waals surface area contributed by atoms with Crippen molar-refractivity contribution in [1.82, 2.24) is 10.6 Å². The average Bonchev–Trinajstić information content (AvgIpc) is 2.17. The molecule has 0 spiro atoms. The lowest BCUT2D eigenvalue weighted by Crippen LogP contribution is -2.44. The largest absolute Gasteiger partial charge is 0.355 e. The second-order valence-electron chi connectivity index (χ2n) is 4.88. The summed E-state index contributed by atoms with van der Waals surface area (Å²) in [5.41, 5.74) is 0.426. The fourth-order valence-corrected chi connectivity index (χ4v) is 2.18. The highest BCUT2D eigenvalue weighted by Gasteiger charge is 2.35. The van der Waals surface area contributed by atoms with E-state index in [1.165, 1.54) is 25.7 Å². The first kappa shape index (κ1) is 12.5. The third-order valence-electron chi connectivity index (χ3n) is 3.76. The van der Waals surface area contributed by atoms with Crippen LogP contribution in [0.15, 0.2) is 0 Å². The molecular weight excluding hydrogens is 188 g/mol. The fourth-order valence-electron chi connectivity index (χ4n) is 2.18. The van der Waals surface area contributed by atoms with Crippen LogP contribution in [-0.4, -0.2) is 26.0 Å². The quantitative estimate of drug-likeness (QED) is 0.701. The molecule has 0 aromatic carbocycles. The van der Waals surface area contributed by atoms with Crippen molar-refractivity contribution >= 4 is 5.91 Å². The minimum atomic E-state index is 0.0731. The molecular formula is C12H24N2O. The molecule has 1 unspecified atom stereocenters. The number of carbonyl (C=O) groups is 1. The van der Waals surface area contributed by atoms with Crippen molar-refractivity contribution in [2.45, 2.75) is 39.5 Å². The zero-order chi connectivity index (χ0) is 11.3. The molecule has 0 aromatic heterocycles. The number of hydrogen-bond acceptors (Lipinski definition) is 2. The second kappa shape index (κ2) is 5.50. The van der Waals surface area contributed by atoms with E-state index in [1.807, 2.05) is 14.0 Å². The molecule has 0 aliphatic heterocycles. The third-order valence-corrected chi connectivity index (χ3v) is 3.76. The van der Waals surface area contributed by atoms with E-state index in [0.29, 0.717) is 5.41 Å². The summed E-state index contributed by atoms with van der Waals surface area (Å²) in [6, 6.07) is 0. The van der Waals surface area contributed by atoms with E-state index in [0.717, 1.165) is 13.1 Å². The number of nitrogens with one attached hydrogen (secondary N) is 2. The monoisotopic (exact) mass is 212 g/mol. The Hall–Kier alpha value is -0.570. The molecule has 0 radical (unpaired) electrons. The van der Waals surface area contributed by atoms with Gasteiger partial charge in [0.15, 0.2) is 0 Å². The summed E-state index contributed by atoms with van der Waals surface area (Å²) in [6.07, 6.45) is 5.08. The molecule has 1 rings (SSSR count). The van der Waals surface area contributed by atoms with Crippen LogP contribution in [0.25, 0.3) is 0 Å². The van der Waals surface area contributed by atoms with Crippen molar-refractivity contribution in [2.24, 2.45) is 11.3 Å². The standard InChI is InChI=1S/C12H24N2O/c1-4-12(6-5-7-12)9-14-11(15)10(2)8-13-3/h10,13H,4-9H2,1-3H3,(H,14,15). The summed E-state index contributed by atoms with van der Waals surface area (Å²) in [5.74, 6) is 0.257. The predicted octanol–water partition coefficient (Wildman–Crippen LogP) is 1.54. The van der Waals surface area contributed by atoms with Crippen LogP contribution >= 0.6 is 0 Å². The van der Waals surface area contributed by atoms with Crippen molar-refractivity contribution in [3.8, 4) is 0 Å². The molecule has 0 heterocycles. The lowest BCUT2D eigenvalue weighted by Gasteiger charge is -2.41. The fraction of sp³-hybridized carbons (Fsp3) is 0.917. The summed E-state index contributed by atoms with van der Waals surface area (Å²) in [7, 11) is 1.88. The molecule has 3 heteroatoms. The summed E-state index contributed by atoms with van der Waals surface area (Å²) in [6.45, 7) is 5.81. The zero-order valence-corrected chi connectivity index (χ0v) is 10.2. The maximum absolute atomic E-state index is 11.7. The Morgan fingerprint density at radius 3 is 2.53 bits per heavy atom. The highest BCUT2D eigenvalue weighted by Crippen LogP contribution is 2.43. The van der Waals surface area contributed by atoms with Crippen molar-refractivity contribution in [2.75, 3.05) is 20.1 Å². The molecule has 1 atom stereocenters. The Kier molecular flexibility index (Phi) is 4.58. The van der Waals surface area contributed by atoms with Gasteiger partial charge in [-0.2, -0.15) is 0 Å². The van der Waals surface area contributed by atoms with E-state index >= 15 is 0 Å². The van der Waals surface area contributed by atoms with E-state index in [1.54, 1.807) is 0 Å². The van der Waals surface area contributed by atoms with Crippen molar-refractivity contribution in [3.63, 3.8) is 0 Å².